The zero-order valence-corrected chi connectivity index (χ0v) is 14.7. The van der Waals surface area contributed by atoms with Crippen LogP contribution in [-0.4, -0.2) is 41.7 Å². The number of carbonyl (C=O) groups excluding carboxylic acids is 2. The number of rotatable bonds is 5. The molecule has 3 rings (SSSR count). The van der Waals surface area contributed by atoms with Crippen molar-refractivity contribution in [2.75, 3.05) is 14.2 Å². The van der Waals surface area contributed by atoms with E-state index in [-0.39, 0.29) is 18.0 Å². The molecule has 0 bridgehead atoms. The summed E-state index contributed by atoms with van der Waals surface area (Å²) in [6.45, 7) is 0. The van der Waals surface area contributed by atoms with Crippen LogP contribution in [0.2, 0.25) is 0 Å². The van der Waals surface area contributed by atoms with Gasteiger partial charge in [-0.05, 0) is 17.7 Å². The average molecular weight is 358 g/mol. The van der Waals surface area contributed by atoms with Crippen LogP contribution in [0.4, 0.5) is 0 Å². The Morgan fingerprint density at radius 2 is 2.28 bits per heavy atom. The Kier molecular flexibility index (Phi) is 4.80. The van der Waals surface area contributed by atoms with Crippen molar-refractivity contribution in [3.05, 3.63) is 45.9 Å². The fourth-order valence-corrected chi connectivity index (χ4v) is 3.72. The van der Waals surface area contributed by atoms with Gasteiger partial charge in [-0.2, -0.15) is 5.10 Å². The number of thiazole rings is 1. The van der Waals surface area contributed by atoms with Gasteiger partial charge in [0.15, 0.2) is 0 Å². The number of nitrogens with two attached hydrogens (primary N) is 1. The van der Waals surface area contributed by atoms with E-state index in [1.54, 1.807) is 13.3 Å². The molecule has 2 N–H and O–H groups in total. The highest BCUT2D eigenvalue weighted by atomic mass is 32.1. The summed E-state index contributed by atoms with van der Waals surface area (Å²) < 4.78 is 5.23. The van der Waals surface area contributed by atoms with E-state index in [1.165, 1.54) is 18.4 Å². The average Bonchev–Trinajstić information content (AvgIpc) is 3.05. The molecule has 8 heteroatoms. The Hall–Kier alpha value is -2.74. The summed E-state index contributed by atoms with van der Waals surface area (Å²) in [5, 5.41) is 5.84. The molecule has 0 fully saturated rings. The minimum atomic E-state index is -0.631. The van der Waals surface area contributed by atoms with Crippen molar-refractivity contribution in [3.63, 3.8) is 0 Å². The summed E-state index contributed by atoms with van der Waals surface area (Å²) in [6.07, 6.45) is 2.60. The summed E-state index contributed by atoms with van der Waals surface area (Å²) in [6, 6.07) is 7.80. The topological polar surface area (TPSA) is 97.9 Å². The molecule has 1 aliphatic rings. The lowest BCUT2D eigenvalue weighted by Gasteiger charge is -2.24. The van der Waals surface area contributed by atoms with Gasteiger partial charge in [-0.15, -0.1) is 11.3 Å². The van der Waals surface area contributed by atoms with Gasteiger partial charge in [-0.25, -0.2) is 9.99 Å². The van der Waals surface area contributed by atoms with Crippen molar-refractivity contribution >= 4 is 28.9 Å². The summed E-state index contributed by atoms with van der Waals surface area (Å²) >= 11 is 1.46. The van der Waals surface area contributed by atoms with Crippen molar-refractivity contribution in [2.24, 2.45) is 10.8 Å². The summed E-state index contributed by atoms with van der Waals surface area (Å²) in [5.74, 6) is -0.481. The molecule has 1 atom stereocenters. The number of hydrazone groups is 1. The number of aromatic nitrogens is 1. The number of methoxy groups -OCH3 is 1. The molecule has 2 amide bonds. The fourth-order valence-electron chi connectivity index (χ4n) is 2.66. The smallest absolute Gasteiger partial charge is 0.265 e. The van der Waals surface area contributed by atoms with Crippen LogP contribution in [0, 0.1) is 0 Å². The van der Waals surface area contributed by atoms with Crippen molar-refractivity contribution in [2.45, 2.75) is 18.8 Å². The van der Waals surface area contributed by atoms with Gasteiger partial charge >= 0.3 is 0 Å². The maximum Gasteiger partial charge on any atom is 0.265 e. The van der Waals surface area contributed by atoms with E-state index < -0.39 is 11.8 Å². The van der Waals surface area contributed by atoms with Gasteiger partial charge in [0, 0.05) is 31.0 Å². The van der Waals surface area contributed by atoms with Gasteiger partial charge in [0.2, 0.25) is 5.91 Å². The fraction of sp³-hybridized carbons (Fsp3) is 0.294. The van der Waals surface area contributed by atoms with Crippen molar-refractivity contribution < 1.29 is 14.3 Å². The van der Waals surface area contributed by atoms with Crippen molar-refractivity contribution in [3.8, 4) is 5.75 Å². The number of nitrogens with zero attached hydrogens (tertiary/aromatic N) is 3. The van der Waals surface area contributed by atoms with E-state index in [9.17, 15) is 9.59 Å². The molecule has 0 spiro atoms. The number of amides is 2. The predicted molar refractivity (Wildman–Crippen MR) is 94.7 cm³/mol. The van der Waals surface area contributed by atoms with Gasteiger partial charge in [0.05, 0.1) is 13.0 Å². The molecule has 7 nitrogen and oxygen atoms in total. The molecule has 1 aliphatic heterocycles. The number of ether oxygens (including phenoxy) is 1. The monoisotopic (exact) mass is 358 g/mol. The Balaban J connectivity index is 1.83. The molecule has 2 aromatic rings. The summed E-state index contributed by atoms with van der Waals surface area (Å²) in [4.78, 5) is 29.0. The molecular formula is C17H18N4O3S. The zero-order chi connectivity index (χ0) is 18.0. The number of carbonyl (C=O) groups is 2. The predicted octanol–water partition coefficient (Wildman–Crippen LogP) is 1.53. The lowest BCUT2D eigenvalue weighted by Crippen LogP contribution is -2.39. The zero-order valence-electron chi connectivity index (χ0n) is 13.9. The number of benzene rings is 1. The highest BCUT2D eigenvalue weighted by Crippen LogP contribution is 2.30. The van der Waals surface area contributed by atoms with Crippen LogP contribution >= 0.6 is 11.3 Å². The molecular weight excluding hydrogens is 340 g/mol. The third kappa shape index (κ3) is 3.69. The van der Waals surface area contributed by atoms with Crippen molar-refractivity contribution in [1.29, 1.82) is 0 Å². The standard InChI is InChI=1S/C17H18N4O3S/c1-21-14(22)8-13(15(20-21)16(18)23)17-19-9-12(25-17)7-10-4-3-5-11(6-10)24-2/h3-6,9,13H,7-8H2,1-2H3,(H2,18,23). The van der Waals surface area contributed by atoms with E-state index in [4.69, 9.17) is 10.5 Å². The third-order valence-corrected chi connectivity index (χ3v) is 5.07. The first kappa shape index (κ1) is 17.1. The van der Waals surface area contributed by atoms with Crippen LogP contribution in [-0.2, 0) is 16.0 Å². The Morgan fingerprint density at radius 1 is 1.48 bits per heavy atom. The quantitative estimate of drug-likeness (QED) is 0.876. The molecule has 25 heavy (non-hydrogen) atoms. The van der Waals surface area contributed by atoms with Crippen LogP contribution < -0.4 is 10.5 Å². The maximum atomic E-state index is 11.9. The SMILES string of the molecule is COc1cccc(Cc2cnc(C3CC(=O)N(C)N=C3C(N)=O)s2)c1. The first-order valence-electron chi connectivity index (χ1n) is 7.70. The minimum Gasteiger partial charge on any atom is -0.497 e. The Bertz CT molecular complexity index is 846. The number of primary amides is 1. The van der Waals surface area contributed by atoms with E-state index in [0.29, 0.717) is 11.4 Å². The first-order valence-corrected chi connectivity index (χ1v) is 8.52. The van der Waals surface area contributed by atoms with Crippen LogP contribution in [0.25, 0.3) is 0 Å². The maximum absolute atomic E-state index is 11.9. The first-order chi connectivity index (χ1) is 12.0. The molecule has 0 aliphatic carbocycles. The van der Waals surface area contributed by atoms with Crippen molar-refractivity contribution in [1.82, 2.24) is 9.99 Å². The van der Waals surface area contributed by atoms with Crippen LogP contribution in [0.5, 0.6) is 5.75 Å². The normalized spacial score (nSPS) is 17.4. The van der Waals surface area contributed by atoms with Crippen LogP contribution in [0.1, 0.15) is 27.8 Å². The summed E-state index contributed by atoms with van der Waals surface area (Å²) in [7, 11) is 3.14. The molecule has 0 saturated carbocycles. The third-order valence-electron chi connectivity index (χ3n) is 3.96. The van der Waals surface area contributed by atoms with Gasteiger partial charge < -0.3 is 10.5 Å². The lowest BCUT2D eigenvalue weighted by molar-refractivity contribution is -0.130. The molecule has 0 saturated heterocycles. The van der Waals surface area contributed by atoms with Gasteiger partial charge in [-0.3, -0.25) is 9.59 Å². The summed E-state index contributed by atoms with van der Waals surface area (Å²) in [5.41, 5.74) is 6.69. The van der Waals surface area contributed by atoms with E-state index >= 15 is 0 Å². The van der Waals surface area contributed by atoms with E-state index in [1.807, 2.05) is 24.3 Å². The van der Waals surface area contributed by atoms with Crippen LogP contribution in [0.15, 0.2) is 35.6 Å². The molecule has 1 aromatic heterocycles. The second-order valence-electron chi connectivity index (χ2n) is 5.72. The lowest BCUT2D eigenvalue weighted by atomic mass is 9.97. The number of hydrogen-bond acceptors (Lipinski definition) is 6. The highest BCUT2D eigenvalue weighted by Gasteiger charge is 2.34. The van der Waals surface area contributed by atoms with Gasteiger partial charge in [-0.1, -0.05) is 12.1 Å². The molecule has 2 heterocycles. The molecule has 130 valence electrons. The molecule has 0 radical (unpaired) electrons. The van der Waals surface area contributed by atoms with E-state index in [0.717, 1.165) is 21.2 Å². The highest BCUT2D eigenvalue weighted by molar-refractivity contribution is 7.11. The molecule has 1 unspecified atom stereocenters. The van der Waals surface area contributed by atoms with E-state index in [2.05, 4.69) is 10.1 Å². The largest absolute Gasteiger partial charge is 0.497 e. The van der Waals surface area contributed by atoms with Crippen LogP contribution in [0.3, 0.4) is 0 Å². The Labute approximate surface area is 149 Å². The second-order valence-corrected chi connectivity index (χ2v) is 6.86. The second kappa shape index (κ2) is 7.02. The Morgan fingerprint density at radius 3 is 3.00 bits per heavy atom. The number of hydrogen-bond donors (Lipinski definition) is 1. The van der Waals surface area contributed by atoms with Gasteiger partial charge in [0.25, 0.3) is 5.91 Å². The van der Waals surface area contributed by atoms with Gasteiger partial charge in [0.1, 0.15) is 16.5 Å². The minimum absolute atomic E-state index is 0.143. The molecule has 1 aromatic carbocycles.